The van der Waals surface area contributed by atoms with Gasteiger partial charge in [0, 0.05) is 18.3 Å². The molecule has 0 bridgehead atoms. The summed E-state index contributed by atoms with van der Waals surface area (Å²) >= 11 is 0. The van der Waals surface area contributed by atoms with E-state index in [0.717, 1.165) is 22.5 Å². The zero-order valence-electron chi connectivity index (χ0n) is 15.0. The van der Waals surface area contributed by atoms with Crippen molar-refractivity contribution < 1.29 is 9.59 Å². The highest BCUT2D eigenvalue weighted by atomic mass is 16.2. The number of nitrogens with one attached hydrogen (secondary N) is 2. The highest BCUT2D eigenvalue weighted by Gasteiger charge is 2.09. The minimum absolute atomic E-state index is 0.0513. The van der Waals surface area contributed by atoms with Crippen LogP contribution in [-0.2, 0) is 11.2 Å². The van der Waals surface area contributed by atoms with E-state index in [4.69, 9.17) is 0 Å². The molecule has 0 aliphatic rings. The van der Waals surface area contributed by atoms with Gasteiger partial charge in [-0.3, -0.25) is 9.59 Å². The second-order valence-electron chi connectivity index (χ2n) is 6.10. The van der Waals surface area contributed by atoms with Crippen molar-refractivity contribution in [3.05, 3.63) is 65.0 Å². The number of rotatable bonds is 4. The first-order valence-electron chi connectivity index (χ1n) is 8.32. The topological polar surface area (TPSA) is 84.0 Å². The van der Waals surface area contributed by atoms with E-state index in [1.165, 1.54) is 0 Å². The SMILES string of the molecule is CNC(=O)Cc1ccc(NC(=O)c2ccc3nc(C)c(C)nc3c2)cc1. The Morgan fingerprint density at radius 1 is 0.923 bits per heavy atom. The molecule has 3 rings (SSSR count). The van der Waals surface area contributed by atoms with Crippen molar-refractivity contribution in [1.29, 1.82) is 0 Å². The number of amides is 2. The molecule has 0 spiro atoms. The lowest BCUT2D eigenvalue weighted by molar-refractivity contribution is -0.119. The average molecular weight is 348 g/mol. The predicted molar refractivity (Wildman–Crippen MR) is 101 cm³/mol. The molecule has 6 heteroatoms. The number of hydrogen-bond donors (Lipinski definition) is 2. The van der Waals surface area contributed by atoms with Gasteiger partial charge in [-0.25, -0.2) is 9.97 Å². The van der Waals surface area contributed by atoms with Gasteiger partial charge < -0.3 is 10.6 Å². The molecule has 6 nitrogen and oxygen atoms in total. The van der Waals surface area contributed by atoms with E-state index in [9.17, 15) is 9.59 Å². The summed E-state index contributed by atoms with van der Waals surface area (Å²) in [5.74, 6) is -0.268. The van der Waals surface area contributed by atoms with Crippen LogP contribution in [0.5, 0.6) is 0 Å². The summed E-state index contributed by atoms with van der Waals surface area (Å²) in [6, 6.07) is 12.5. The normalized spacial score (nSPS) is 10.6. The van der Waals surface area contributed by atoms with Crippen molar-refractivity contribution in [2.24, 2.45) is 0 Å². The summed E-state index contributed by atoms with van der Waals surface area (Å²) in [4.78, 5) is 32.8. The third kappa shape index (κ3) is 3.85. The number of aryl methyl sites for hydroxylation is 2. The molecule has 0 saturated heterocycles. The molecule has 0 radical (unpaired) electrons. The fourth-order valence-electron chi connectivity index (χ4n) is 2.55. The first-order chi connectivity index (χ1) is 12.5. The van der Waals surface area contributed by atoms with E-state index in [1.54, 1.807) is 37.4 Å². The fourth-order valence-corrected chi connectivity index (χ4v) is 2.55. The molecule has 0 unspecified atom stereocenters. The Balaban J connectivity index is 1.76. The lowest BCUT2D eigenvalue weighted by atomic mass is 10.1. The Morgan fingerprint density at radius 2 is 1.58 bits per heavy atom. The molecular weight excluding hydrogens is 328 g/mol. The quantitative estimate of drug-likeness (QED) is 0.759. The number of hydrogen-bond acceptors (Lipinski definition) is 4. The summed E-state index contributed by atoms with van der Waals surface area (Å²) in [6.45, 7) is 3.81. The van der Waals surface area contributed by atoms with E-state index in [1.807, 2.05) is 26.0 Å². The highest BCUT2D eigenvalue weighted by molar-refractivity contribution is 6.05. The fraction of sp³-hybridized carbons (Fsp3) is 0.200. The molecule has 1 aromatic heterocycles. The van der Waals surface area contributed by atoms with Gasteiger partial charge in [0.05, 0.1) is 28.8 Å². The molecule has 26 heavy (non-hydrogen) atoms. The number of fused-ring (bicyclic) bond motifs is 1. The van der Waals surface area contributed by atoms with Crippen LogP contribution in [-0.4, -0.2) is 28.8 Å². The Hall–Kier alpha value is -3.28. The lowest BCUT2D eigenvalue weighted by Gasteiger charge is -2.08. The zero-order chi connectivity index (χ0) is 18.7. The van der Waals surface area contributed by atoms with E-state index in [-0.39, 0.29) is 11.8 Å². The molecule has 0 aliphatic carbocycles. The molecule has 3 aromatic rings. The summed E-state index contributed by atoms with van der Waals surface area (Å²) < 4.78 is 0. The highest BCUT2D eigenvalue weighted by Crippen LogP contribution is 2.16. The number of carbonyl (C=O) groups excluding carboxylic acids is 2. The van der Waals surface area contributed by atoms with Gasteiger partial charge in [-0.05, 0) is 49.7 Å². The molecule has 132 valence electrons. The van der Waals surface area contributed by atoms with Crippen molar-refractivity contribution in [2.75, 3.05) is 12.4 Å². The molecule has 1 heterocycles. The maximum absolute atomic E-state index is 12.5. The summed E-state index contributed by atoms with van der Waals surface area (Å²) in [7, 11) is 1.60. The summed E-state index contributed by atoms with van der Waals surface area (Å²) in [5.41, 5.74) is 5.26. The van der Waals surface area contributed by atoms with Gasteiger partial charge in [0.15, 0.2) is 0 Å². The third-order valence-corrected chi connectivity index (χ3v) is 4.19. The maximum Gasteiger partial charge on any atom is 0.255 e. The molecule has 0 fully saturated rings. The van der Waals surface area contributed by atoms with Gasteiger partial charge in [-0.15, -0.1) is 0 Å². The van der Waals surface area contributed by atoms with Crippen LogP contribution in [0.3, 0.4) is 0 Å². The smallest absolute Gasteiger partial charge is 0.255 e. The van der Waals surface area contributed by atoms with E-state index < -0.39 is 0 Å². The van der Waals surface area contributed by atoms with Gasteiger partial charge in [0.25, 0.3) is 5.91 Å². The zero-order valence-corrected chi connectivity index (χ0v) is 15.0. The maximum atomic E-state index is 12.5. The Kier molecular flexibility index (Phi) is 4.93. The first-order valence-corrected chi connectivity index (χ1v) is 8.32. The van der Waals surface area contributed by atoms with Crippen LogP contribution >= 0.6 is 0 Å². The van der Waals surface area contributed by atoms with E-state index >= 15 is 0 Å². The van der Waals surface area contributed by atoms with Crippen molar-refractivity contribution in [1.82, 2.24) is 15.3 Å². The second-order valence-corrected chi connectivity index (χ2v) is 6.10. The molecule has 0 aliphatic heterocycles. The minimum Gasteiger partial charge on any atom is -0.359 e. The number of likely N-dealkylation sites (N-methyl/N-ethyl adjacent to an activating group) is 1. The molecule has 2 amide bonds. The minimum atomic E-state index is -0.217. The number of benzene rings is 2. The van der Waals surface area contributed by atoms with Crippen molar-refractivity contribution >= 4 is 28.5 Å². The first kappa shape index (κ1) is 17.5. The second kappa shape index (κ2) is 7.31. The number of aromatic nitrogens is 2. The Bertz CT molecular complexity index is 981. The largest absolute Gasteiger partial charge is 0.359 e. The lowest BCUT2D eigenvalue weighted by Crippen LogP contribution is -2.19. The summed E-state index contributed by atoms with van der Waals surface area (Å²) in [6.07, 6.45) is 0.312. The van der Waals surface area contributed by atoms with Crippen LogP contribution in [0, 0.1) is 13.8 Å². The van der Waals surface area contributed by atoms with E-state index in [0.29, 0.717) is 23.2 Å². The van der Waals surface area contributed by atoms with Crippen molar-refractivity contribution in [3.8, 4) is 0 Å². The standard InChI is InChI=1S/C20H20N4O2/c1-12-13(2)23-18-11-15(6-9-17(18)22-12)20(26)24-16-7-4-14(5-8-16)10-19(25)21-3/h4-9,11H,10H2,1-3H3,(H,21,25)(H,24,26). The molecule has 0 atom stereocenters. The number of carbonyl (C=O) groups is 2. The van der Waals surface area contributed by atoms with Crippen LogP contribution in [0.15, 0.2) is 42.5 Å². The van der Waals surface area contributed by atoms with Crippen molar-refractivity contribution in [3.63, 3.8) is 0 Å². The van der Waals surface area contributed by atoms with Gasteiger partial charge in [-0.1, -0.05) is 12.1 Å². The predicted octanol–water partition coefficient (Wildman–Crippen LogP) is 2.79. The van der Waals surface area contributed by atoms with Crippen LogP contribution in [0.4, 0.5) is 5.69 Å². The molecule has 2 aromatic carbocycles. The Morgan fingerprint density at radius 3 is 2.23 bits per heavy atom. The summed E-state index contributed by atoms with van der Waals surface area (Å²) in [5, 5.41) is 5.44. The monoisotopic (exact) mass is 348 g/mol. The van der Waals surface area contributed by atoms with E-state index in [2.05, 4.69) is 20.6 Å². The molecular formula is C20H20N4O2. The van der Waals surface area contributed by atoms with Crippen molar-refractivity contribution in [2.45, 2.75) is 20.3 Å². The van der Waals surface area contributed by atoms with Crippen LogP contribution in [0.1, 0.15) is 27.3 Å². The van der Waals surface area contributed by atoms with Crippen LogP contribution in [0.25, 0.3) is 11.0 Å². The molecule has 2 N–H and O–H groups in total. The molecule has 0 saturated carbocycles. The number of nitrogens with zero attached hydrogens (tertiary/aromatic N) is 2. The van der Waals surface area contributed by atoms with Gasteiger partial charge in [0.1, 0.15) is 0 Å². The van der Waals surface area contributed by atoms with Gasteiger partial charge in [0.2, 0.25) is 5.91 Å². The number of anilines is 1. The van der Waals surface area contributed by atoms with Gasteiger partial charge >= 0.3 is 0 Å². The van der Waals surface area contributed by atoms with Crippen LogP contribution < -0.4 is 10.6 Å². The Labute approximate surface area is 151 Å². The van der Waals surface area contributed by atoms with Crippen LogP contribution in [0.2, 0.25) is 0 Å². The third-order valence-electron chi connectivity index (χ3n) is 4.19. The van der Waals surface area contributed by atoms with Gasteiger partial charge in [-0.2, -0.15) is 0 Å². The average Bonchev–Trinajstić information content (AvgIpc) is 2.63.